The van der Waals surface area contributed by atoms with Crippen LogP contribution in [0.4, 0.5) is 24.7 Å². The largest absolute Gasteiger partial charge is 0.478 e. The van der Waals surface area contributed by atoms with Crippen LogP contribution in [0, 0.1) is 10.1 Å². The molecule has 7 nitrogen and oxygen atoms in total. The number of aromatic carboxylic acids is 1. The number of carbonyl (C=O) groups is 1. The first-order chi connectivity index (χ1) is 9.69. The van der Waals surface area contributed by atoms with Gasteiger partial charge in [0.15, 0.2) is 0 Å². The number of nitrogens with zero attached hydrogens (tertiary/aromatic N) is 3. The molecule has 1 aromatic heterocycles. The fourth-order valence-electron chi connectivity index (χ4n) is 1.89. The van der Waals surface area contributed by atoms with Gasteiger partial charge in [-0.15, -0.1) is 0 Å². The molecule has 1 aromatic rings. The van der Waals surface area contributed by atoms with Gasteiger partial charge >= 0.3 is 12.1 Å². The smallest absolute Gasteiger partial charge is 0.405 e. The number of hydrogen-bond acceptors (Lipinski definition) is 5. The first-order valence-corrected chi connectivity index (χ1v) is 5.90. The van der Waals surface area contributed by atoms with Gasteiger partial charge in [-0.2, -0.15) is 13.2 Å². The topological polar surface area (TPSA) is 96.6 Å². The van der Waals surface area contributed by atoms with E-state index in [4.69, 9.17) is 5.11 Å². The van der Waals surface area contributed by atoms with Gasteiger partial charge < -0.3 is 10.0 Å². The van der Waals surface area contributed by atoms with E-state index in [2.05, 4.69) is 4.98 Å². The van der Waals surface area contributed by atoms with Crippen LogP contribution in [-0.4, -0.2) is 39.7 Å². The molecule has 1 N–H and O–H groups in total. The van der Waals surface area contributed by atoms with Crippen LogP contribution in [0.25, 0.3) is 0 Å². The molecular formula is C11H10F3N3O4. The highest BCUT2D eigenvalue weighted by Gasteiger charge is 2.40. The van der Waals surface area contributed by atoms with Gasteiger partial charge in [0.25, 0.3) is 5.69 Å². The van der Waals surface area contributed by atoms with E-state index in [9.17, 15) is 28.1 Å². The molecule has 0 bridgehead atoms. The lowest BCUT2D eigenvalue weighted by atomic mass is 10.2. The summed E-state index contributed by atoms with van der Waals surface area (Å²) in [4.78, 5) is 25.3. The van der Waals surface area contributed by atoms with E-state index in [1.54, 1.807) is 0 Å². The van der Waals surface area contributed by atoms with Crippen LogP contribution in [0.5, 0.6) is 0 Å². The Bertz CT molecular complexity index is 587. The van der Waals surface area contributed by atoms with Gasteiger partial charge in [-0.1, -0.05) is 0 Å². The molecule has 0 spiro atoms. The zero-order valence-electron chi connectivity index (χ0n) is 10.5. The van der Waals surface area contributed by atoms with Crippen molar-refractivity contribution in [2.24, 2.45) is 0 Å². The number of nitro groups is 1. The highest BCUT2D eigenvalue weighted by atomic mass is 19.4. The maximum atomic E-state index is 12.6. The highest BCUT2D eigenvalue weighted by molar-refractivity contribution is 5.94. The number of rotatable bonds is 5. The maximum Gasteiger partial charge on any atom is 0.405 e. The van der Waals surface area contributed by atoms with Crippen LogP contribution in [-0.2, 0) is 0 Å². The molecule has 10 heteroatoms. The number of aromatic nitrogens is 1. The van der Waals surface area contributed by atoms with Gasteiger partial charge in [-0.3, -0.25) is 10.1 Å². The summed E-state index contributed by atoms with van der Waals surface area (Å²) in [6.07, 6.45) is -2.78. The molecule has 0 atom stereocenters. The Kier molecular flexibility index (Phi) is 3.71. The first kappa shape index (κ1) is 15.0. The lowest BCUT2D eigenvalue weighted by molar-refractivity contribution is -0.385. The molecule has 1 fully saturated rings. The molecule has 0 radical (unpaired) electrons. The van der Waals surface area contributed by atoms with E-state index in [1.165, 1.54) is 0 Å². The fraction of sp³-hybridized carbons (Fsp3) is 0.455. The molecule has 0 amide bonds. The minimum Gasteiger partial charge on any atom is -0.478 e. The van der Waals surface area contributed by atoms with Crippen molar-refractivity contribution in [1.29, 1.82) is 0 Å². The fourth-order valence-corrected chi connectivity index (χ4v) is 1.89. The molecule has 1 aliphatic carbocycles. The number of carboxylic acid groups (broad SMARTS) is 1. The number of halogens is 3. The molecule has 1 saturated carbocycles. The van der Waals surface area contributed by atoms with Gasteiger partial charge in [-0.05, 0) is 12.8 Å². The average Bonchev–Trinajstić information content (AvgIpc) is 3.18. The minimum atomic E-state index is -4.53. The van der Waals surface area contributed by atoms with Crippen LogP contribution >= 0.6 is 0 Å². The summed E-state index contributed by atoms with van der Waals surface area (Å²) in [7, 11) is 0. The van der Waals surface area contributed by atoms with Gasteiger partial charge in [0.05, 0.1) is 4.92 Å². The number of alkyl halides is 3. The van der Waals surface area contributed by atoms with Crippen LogP contribution in [0.2, 0.25) is 0 Å². The third kappa shape index (κ3) is 3.58. The van der Waals surface area contributed by atoms with E-state index >= 15 is 0 Å². The van der Waals surface area contributed by atoms with Crippen LogP contribution in [0.15, 0.2) is 12.3 Å². The second-order valence-electron chi connectivity index (χ2n) is 4.60. The second kappa shape index (κ2) is 5.19. The van der Waals surface area contributed by atoms with Crippen molar-refractivity contribution in [2.75, 3.05) is 11.4 Å². The van der Waals surface area contributed by atoms with Crippen LogP contribution in [0.1, 0.15) is 23.2 Å². The number of pyridine rings is 1. The predicted molar refractivity (Wildman–Crippen MR) is 64.3 cm³/mol. The van der Waals surface area contributed by atoms with Gasteiger partial charge in [0.1, 0.15) is 24.1 Å². The third-order valence-electron chi connectivity index (χ3n) is 2.90. The highest BCUT2D eigenvalue weighted by Crippen LogP contribution is 2.35. The Balaban J connectivity index is 2.44. The maximum absolute atomic E-state index is 12.6. The zero-order chi connectivity index (χ0) is 15.8. The van der Waals surface area contributed by atoms with Gasteiger partial charge in [0, 0.05) is 12.1 Å². The van der Waals surface area contributed by atoms with Gasteiger partial charge in [-0.25, -0.2) is 9.78 Å². The monoisotopic (exact) mass is 305 g/mol. The SMILES string of the molecule is O=C(O)c1cc([N+](=O)[O-])cnc1N(CC(F)(F)F)C1CC1. The molecular weight excluding hydrogens is 295 g/mol. The van der Waals surface area contributed by atoms with E-state index < -0.39 is 46.7 Å². The number of anilines is 1. The van der Waals surface area contributed by atoms with E-state index in [0.717, 1.165) is 17.2 Å². The van der Waals surface area contributed by atoms with E-state index in [-0.39, 0.29) is 0 Å². The van der Waals surface area contributed by atoms with Crippen molar-refractivity contribution in [3.8, 4) is 0 Å². The van der Waals surface area contributed by atoms with E-state index in [0.29, 0.717) is 12.8 Å². The molecule has 1 aliphatic rings. The third-order valence-corrected chi connectivity index (χ3v) is 2.90. The van der Waals surface area contributed by atoms with Crippen molar-refractivity contribution < 1.29 is 28.0 Å². The molecule has 21 heavy (non-hydrogen) atoms. The number of hydrogen-bond donors (Lipinski definition) is 1. The molecule has 0 unspecified atom stereocenters. The summed E-state index contributed by atoms with van der Waals surface area (Å²) >= 11 is 0. The van der Waals surface area contributed by atoms with Crippen molar-refractivity contribution in [1.82, 2.24) is 4.98 Å². The molecule has 1 heterocycles. The lowest BCUT2D eigenvalue weighted by Gasteiger charge is -2.25. The van der Waals surface area contributed by atoms with Crippen molar-refractivity contribution >= 4 is 17.5 Å². The van der Waals surface area contributed by atoms with Crippen molar-refractivity contribution in [3.05, 3.63) is 27.9 Å². The summed E-state index contributed by atoms with van der Waals surface area (Å²) in [5.41, 5.74) is -1.20. The summed E-state index contributed by atoms with van der Waals surface area (Å²) in [5.74, 6) is -1.96. The Hall–Kier alpha value is -2.39. The summed E-state index contributed by atoms with van der Waals surface area (Å²) in [5, 5.41) is 19.7. The quantitative estimate of drug-likeness (QED) is 0.662. The standard InChI is InChI=1S/C11H10F3N3O4/c12-11(13,14)5-16(6-1-2-6)9-8(10(18)19)3-7(4-15-9)17(20)21/h3-4,6H,1-2,5H2,(H,18,19). The summed E-state index contributed by atoms with van der Waals surface area (Å²) < 4.78 is 37.8. The van der Waals surface area contributed by atoms with Gasteiger partial charge in [0.2, 0.25) is 0 Å². The van der Waals surface area contributed by atoms with Crippen LogP contribution < -0.4 is 4.90 Å². The normalized spacial score (nSPS) is 14.8. The van der Waals surface area contributed by atoms with Crippen LogP contribution in [0.3, 0.4) is 0 Å². The first-order valence-electron chi connectivity index (χ1n) is 5.90. The Morgan fingerprint density at radius 1 is 1.52 bits per heavy atom. The predicted octanol–water partition coefficient (Wildman–Crippen LogP) is 2.22. The van der Waals surface area contributed by atoms with Crippen molar-refractivity contribution in [2.45, 2.75) is 25.1 Å². The molecule has 0 aromatic carbocycles. The minimum absolute atomic E-state index is 0.395. The molecule has 0 aliphatic heterocycles. The average molecular weight is 305 g/mol. The zero-order valence-corrected chi connectivity index (χ0v) is 10.5. The van der Waals surface area contributed by atoms with Crippen molar-refractivity contribution in [3.63, 3.8) is 0 Å². The molecule has 114 valence electrons. The summed E-state index contributed by atoms with van der Waals surface area (Å²) in [6, 6.07) is 0.273. The summed E-state index contributed by atoms with van der Waals surface area (Å²) in [6.45, 7) is -1.34. The Morgan fingerprint density at radius 2 is 2.14 bits per heavy atom. The second-order valence-corrected chi connectivity index (χ2v) is 4.60. The van der Waals surface area contributed by atoms with E-state index in [1.807, 2.05) is 0 Å². The molecule has 2 rings (SSSR count). The Labute approximate surface area is 116 Å². The Morgan fingerprint density at radius 3 is 2.57 bits per heavy atom. The molecule has 0 saturated heterocycles. The lowest BCUT2D eigenvalue weighted by Crippen LogP contribution is -2.37. The number of carboxylic acids is 1.